The second-order valence-electron chi connectivity index (χ2n) is 5.34. The van der Waals surface area contributed by atoms with Gasteiger partial charge in [0.05, 0.1) is 10.7 Å². The van der Waals surface area contributed by atoms with Crippen molar-refractivity contribution in [2.24, 2.45) is 10.2 Å². The van der Waals surface area contributed by atoms with E-state index in [1.165, 1.54) is 0 Å². The highest BCUT2D eigenvalue weighted by Crippen LogP contribution is 2.35. The topological polar surface area (TPSA) is 76.5 Å². The van der Waals surface area contributed by atoms with Crippen molar-refractivity contribution in [2.75, 3.05) is 5.73 Å². The molecule has 0 saturated carbocycles. The van der Waals surface area contributed by atoms with Crippen LogP contribution in [0.4, 0.5) is 17.3 Å². The standard InChI is InChI=1S/C18H16ClN5/c1-11-7-6-10-14(19)15(11)23-24-16-12(2)21-18(20)22-17(16)13-8-4-3-5-9-13/h3-10H,1-2H3,(H2,20,21,22). The van der Waals surface area contributed by atoms with Gasteiger partial charge in [0, 0.05) is 5.56 Å². The van der Waals surface area contributed by atoms with Gasteiger partial charge in [-0.3, -0.25) is 0 Å². The van der Waals surface area contributed by atoms with Crippen LogP contribution >= 0.6 is 11.6 Å². The maximum absolute atomic E-state index is 6.21. The molecule has 2 aromatic carbocycles. The molecule has 0 bridgehead atoms. The molecule has 0 saturated heterocycles. The minimum absolute atomic E-state index is 0.208. The number of aromatic nitrogens is 2. The lowest BCUT2D eigenvalue weighted by atomic mass is 10.1. The van der Waals surface area contributed by atoms with Crippen molar-refractivity contribution in [2.45, 2.75) is 13.8 Å². The number of hydrogen-bond acceptors (Lipinski definition) is 5. The van der Waals surface area contributed by atoms with Crippen molar-refractivity contribution in [3.63, 3.8) is 0 Å². The molecule has 120 valence electrons. The van der Waals surface area contributed by atoms with Gasteiger partial charge in [-0.15, -0.1) is 10.2 Å². The first-order valence-corrected chi connectivity index (χ1v) is 7.80. The molecular weight excluding hydrogens is 322 g/mol. The summed E-state index contributed by atoms with van der Waals surface area (Å²) in [5.41, 5.74) is 10.2. The lowest BCUT2D eigenvalue weighted by Gasteiger charge is -2.08. The number of nitrogens with zero attached hydrogens (tertiary/aromatic N) is 4. The van der Waals surface area contributed by atoms with E-state index in [0.717, 1.165) is 11.1 Å². The fourth-order valence-electron chi connectivity index (χ4n) is 2.36. The quantitative estimate of drug-likeness (QED) is 0.649. The lowest BCUT2D eigenvalue weighted by Crippen LogP contribution is -1.99. The third-order valence-corrected chi connectivity index (χ3v) is 3.87. The maximum atomic E-state index is 6.21. The first kappa shape index (κ1) is 16.1. The molecule has 0 radical (unpaired) electrons. The number of benzene rings is 2. The third-order valence-electron chi connectivity index (χ3n) is 3.56. The molecule has 1 aromatic heterocycles. The Labute approximate surface area is 145 Å². The van der Waals surface area contributed by atoms with Crippen molar-refractivity contribution < 1.29 is 0 Å². The molecule has 0 spiro atoms. The van der Waals surface area contributed by atoms with E-state index >= 15 is 0 Å². The largest absolute Gasteiger partial charge is 0.368 e. The summed E-state index contributed by atoms with van der Waals surface area (Å²) >= 11 is 6.21. The molecule has 0 atom stereocenters. The molecule has 0 aliphatic heterocycles. The molecule has 5 nitrogen and oxygen atoms in total. The van der Waals surface area contributed by atoms with Crippen LogP contribution in [0.1, 0.15) is 11.3 Å². The number of aryl methyl sites for hydroxylation is 2. The number of rotatable bonds is 3. The van der Waals surface area contributed by atoms with Crippen LogP contribution < -0.4 is 5.73 Å². The van der Waals surface area contributed by atoms with Gasteiger partial charge in [-0.05, 0) is 25.5 Å². The summed E-state index contributed by atoms with van der Waals surface area (Å²) < 4.78 is 0. The van der Waals surface area contributed by atoms with Gasteiger partial charge in [0.2, 0.25) is 5.95 Å². The van der Waals surface area contributed by atoms with E-state index < -0.39 is 0 Å². The molecule has 3 rings (SSSR count). The molecule has 1 heterocycles. The zero-order valence-electron chi connectivity index (χ0n) is 13.4. The number of anilines is 1. The van der Waals surface area contributed by atoms with Gasteiger partial charge in [0.1, 0.15) is 17.1 Å². The highest BCUT2D eigenvalue weighted by molar-refractivity contribution is 6.33. The van der Waals surface area contributed by atoms with E-state index in [9.17, 15) is 0 Å². The summed E-state index contributed by atoms with van der Waals surface area (Å²) in [6.45, 7) is 3.77. The summed E-state index contributed by atoms with van der Waals surface area (Å²) in [7, 11) is 0. The van der Waals surface area contributed by atoms with Gasteiger partial charge in [-0.25, -0.2) is 9.97 Å². The summed E-state index contributed by atoms with van der Waals surface area (Å²) in [6, 6.07) is 15.3. The van der Waals surface area contributed by atoms with Crippen LogP contribution in [0.3, 0.4) is 0 Å². The van der Waals surface area contributed by atoms with Gasteiger partial charge >= 0.3 is 0 Å². The van der Waals surface area contributed by atoms with Crippen LogP contribution in [0.15, 0.2) is 58.8 Å². The maximum Gasteiger partial charge on any atom is 0.220 e. The molecule has 3 aromatic rings. The number of hydrogen-bond donors (Lipinski definition) is 1. The fourth-order valence-corrected chi connectivity index (χ4v) is 2.62. The normalized spacial score (nSPS) is 11.1. The van der Waals surface area contributed by atoms with Gasteiger partial charge in [-0.2, -0.15) is 0 Å². The van der Waals surface area contributed by atoms with Gasteiger partial charge in [0.15, 0.2) is 0 Å². The van der Waals surface area contributed by atoms with Crippen molar-refractivity contribution in [1.29, 1.82) is 0 Å². The van der Waals surface area contributed by atoms with Crippen molar-refractivity contribution in [1.82, 2.24) is 9.97 Å². The molecule has 0 fully saturated rings. The highest BCUT2D eigenvalue weighted by Gasteiger charge is 2.13. The van der Waals surface area contributed by atoms with E-state index in [1.54, 1.807) is 6.07 Å². The van der Waals surface area contributed by atoms with Crippen LogP contribution in [0.25, 0.3) is 11.3 Å². The number of halogens is 1. The SMILES string of the molecule is Cc1cccc(Cl)c1N=Nc1c(C)nc(N)nc1-c1ccccc1. The van der Waals surface area contributed by atoms with Gasteiger partial charge in [-0.1, -0.05) is 54.1 Å². The summed E-state index contributed by atoms with van der Waals surface area (Å²) in [5.74, 6) is 0.208. The Morgan fingerprint density at radius 3 is 2.29 bits per heavy atom. The number of nitrogens with two attached hydrogens (primary N) is 1. The zero-order chi connectivity index (χ0) is 17.1. The second-order valence-corrected chi connectivity index (χ2v) is 5.74. The summed E-state index contributed by atoms with van der Waals surface area (Å²) in [6.07, 6.45) is 0. The first-order valence-electron chi connectivity index (χ1n) is 7.42. The summed E-state index contributed by atoms with van der Waals surface area (Å²) in [4.78, 5) is 8.54. The van der Waals surface area contributed by atoms with Gasteiger partial charge < -0.3 is 5.73 Å². The Morgan fingerprint density at radius 2 is 1.58 bits per heavy atom. The molecule has 0 unspecified atom stereocenters. The van der Waals surface area contributed by atoms with Crippen LogP contribution in [-0.4, -0.2) is 9.97 Å². The number of nitrogen functional groups attached to an aromatic ring is 1. The zero-order valence-corrected chi connectivity index (χ0v) is 14.1. The Balaban J connectivity index is 2.13. The van der Waals surface area contributed by atoms with Crippen molar-refractivity contribution in [3.8, 4) is 11.3 Å². The molecule has 2 N–H and O–H groups in total. The third kappa shape index (κ3) is 3.26. The fraction of sp³-hybridized carbons (Fsp3) is 0.111. The van der Waals surface area contributed by atoms with Gasteiger partial charge in [0.25, 0.3) is 0 Å². The van der Waals surface area contributed by atoms with Crippen LogP contribution in [0.5, 0.6) is 0 Å². The van der Waals surface area contributed by atoms with E-state index in [-0.39, 0.29) is 5.95 Å². The van der Waals surface area contributed by atoms with Crippen LogP contribution in [0.2, 0.25) is 5.02 Å². The Kier molecular flexibility index (Phi) is 4.53. The Bertz CT molecular complexity index is 887. The molecule has 24 heavy (non-hydrogen) atoms. The molecule has 6 heteroatoms. The average molecular weight is 338 g/mol. The average Bonchev–Trinajstić information content (AvgIpc) is 2.56. The lowest BCUT2D eigenvalue weighted by molar-refractivity contribution is 1.08. The first-order chi connectivity index (χ1) is 11.6. The van der Waals surface area contributed by atoms with E-state index in [2.05, 4.69) is 20.2 Å². The predicted molar refractivity (Wildman–Crippen MR) is 97.0 cm³/mol. The molecule has 0 amide bonds. The van der Waals surface area contributed by atoms with Crippen LogP contribution in [0, 0.1) is 13.8 Å². The van der Waals surface area contributed by atoms with E-state index in [1.807, 2.05) is 56.3 Å². The second kappa shape index (κ2) is 6.76. The van der Waals surface area contributed by atoms with E-state index in [0.29, 0.717) is 27.8 Å². The molecule has 0 aliphatic rings. The number of azo groups is 1. The molecule has 0 aliphatic carbocycles. The van der Waals surface area contributed by atoms with Crippen molar-refractivity contribution in [3.05, 3.63) is 64.8 Å². The smallest absolute Gasteiger partial charge is 0.220 e. The van der Waals surface area contributed by atoms with Crippen molar-refractivity contribution >= 4 is 28.9 Å². The Hall–Kier alpha value is -2.79. The predicted octanol–water partition coefficient (Wildman–Crippen LogP) is 5.41. The molecular formula is C18H16ClN5. The van der Waals surface area contributed by atoms with E-state index in [4.69, 9.17) is 17.3 Å². The summed E-state index contributed by atoms with van der Waals surface area (Å²) in [5, 5.41) is 9.25. The monoisotopic (exact) mass is 337 g/mol. The highest BCUT2D eigenvalue weighted by atomic mass is 35.5. The minimum Gasteiger partial charge on any atom is -0.368 e. The minimum atomic E-state index is 0.208. The Morgan fingerprint density at radius 1 is 0.875 bits per heavy atom. The van der Waals surface area contributed by atoms with Crippen LogP contribution in [-0.2, 0) is 0 Å².